The number of carbonyl (C=O) groups is 1. The number of fused-ring (bicyclic) bond motifs is 1. The van der Waals surface area contributed by atoms with Crippen LogP contribution in [-0.2, 0) is 11.2 Å². The Labute approximate surface area is 166 Å². The Morgan fingerprint density at radius 2 is 1.78 bits per heavy atom. The minimum Gasteiger partial charge on any atom is -0.361 e. The number of aryl methyl sites for hydroxylation is 1. The van der Waals surface area contributed by atoms with Crippen LogP contribution < -0.4 is 0 Å². The molecule has 0 bridgehead atoms. The van der Waals surface area contributed by atoms with Gasteiger partial charge in [-0.2, -0.15) is 0 Å². The Hall–Kier alpha value is -2.26. The summed E-state index contributed by atoms with van der Waals surface area (Å²) in [4.78, 5) is 18.2. The molecule has 0 saturated heterocycles. The second-order valence-electron chi connectivity index (χ2n) is 6.81. The zero-order chi connectivity index (χ0) is 19.4. The lowest BCUT2D eigenvalue weighted by Gasteiger charge is -2.23. The van der Waals surface area contributed by atoms with E-state index < -0.39 is 0 Å². The molecule has 1 heterocycles. The third-order valence-corrected chi connectivity index (χ3v) is 5.61. The van der Waals surface area contributed by atoms with Crippen molar-refractivity contribution < 1.29 is 4.79 Å². The number of carbonyl (C=O) groups excluding carboxylic acids is 1. The molecule has 1 aromatic heterocycles. The number of H-pyrrole nitrogens is 1. The monoisotopic (exact) mass is 382 g/mol. The van der Waals surface area contributed by atoms with Crippen molar-refractivity contribution in [3.8, 4) is 0 Å². The third kappa shape index (κ3) is 4.03. The highest BCUT2D eigenvalue weighted by Crippen LogP contribution is 2.35. The minimum absolute atomic E-state index is 0.00350. The van der Waals surface area contributed by atoms with Crippen LogP contribution in [0.5, 0.6) is 0 Å². The molecule has 1 amide bonds. The van der Waals surface area contributed by atoms with Crippen LogP contribution in [0.2, 0.25) is 5.02 Å². The number of rotatable bonds is 7. The molecule has 3 aromatic rings. The molecule has 0 unspecified atom stereocenters. The molecule has 1 atom stereocenters. The van der Waals surface area contributed by atoms with Crippen LogP contribution in [0, 0.1) is 0 Å². The highest BCUT2D eigenvalue weighted by molar-refractivity contribution is 6.30. The van der Waals surface area contributed by atoms with E-state index in [1.807, 2.05) is 43.0 Å². The Balaban J connectivity index is 2.07. The van der Waals surface area contributed by atoms with Gasteiger partial charge < -0.3 is 9.88 Å². The standard InChI is InChI=1S/C23H27ClN2O/c1-4-16-8-7-9-19-21(15-25-23(16)19)20(14-22(27)26(5-2)6-3)17-10-12-18(24)13-11-17/h7-13,15,20,25H,4-6,14H2,1-3H3/t20-/m0/s1. The first-order chi connectivity index (χ1) is 13.1. The maximum absolute atomic E-state index is 12.9. The molecule has 27 heavy (non-hydrogen) atoms. The summed E-state index contributed by atoms with van der Waals surface area (Å²) < 4.78 is 0. The van der Waals surface area contributed by atoms with Crippen molar-refractivity contribution in [1.82, 2.24) is 9.88 Å². The van der Waals surface area contributed by atoms with Gasteiger partial charge >= 0.3 is 0 Å². The average Bonchev–Trinajstić information content (AvgIpc) is 3.12. The molecule has 0 radical (unpaired) electrons. The van der Waals surface area contributed by atoms with Crippen LogP contribution in [0.1, 0.15) is 49.8 Å². The molecule has 2 aromatic carbocycles. The Morgan fingerprint density at radius 1 is 1.07 bits per heavy atom. The van der Waals surface area contributed by atoms with Gasteiger partial charge in [-0.1, -0.05) is 48.9 Å². The van der Waals surface area contributed by atoms with Crippen LogP contribution in [0.3, 0.4) is 0 Å². The molecule has 0 aliphatic carbocycles. The van der Waals surface area contributed by atoms with Crippen molar-refractivity contribution in [2.45, 2.75) is 39.5 Å². The van der Waals surface area contributed by atoms with E-state index in [4.69, 9.17) is 11.6 Å². The van der Waals surface area contributed by atoms with Gasteiger partial charge in [0.25, 0.3) is 0 Å². The van der Waals surface area contributed by atoms with Crippen LogP contribution in [0.25, 0.3) is 10.9 Å². The van der Waals surface area contributed by atoms with Gasteiger partial charge in [0.1, 0.15) is 0 Å². The highest BCUT2D eigenvalue weighted by atomic mass is 35.5. The molecular formula is C23H27ClN2O. The second-order valence-corrected chi connectivity index (χ2v) is 7.25. The zero-order valence-electron chi connectivity index (χ0n) is 16.3. The fourth-order valence-electron chi connectivity index (χ4n) is 3.80. The number of hydrogen-bond acceptors (Lipinski definition) is 1. The Morgan fingerprint density at radius 3 is 2.41 bits per heavy atom. The summed E-state index contributed by atoms with van der Waals surface area (Å²) in [5.74, 6) is 0.178. The molecular weight excluding hydrogens is 356 g/mol. The summed E-state index contributed by atoms with van der Waals surface area (Å²) in [6.07, 6.45) is 3.49. The molecule has 0 aliphatic rings. The molecule has 1 N–H and O–H groups in total. The molecule has 142 valence electrons. The van der Waals surface area contributed by atoms with Gasteiger partial charge in [0, 0.05) is 47.6 Å². The lowest BCUT2D eigenvalue weighted by Crippen LogP contribution is -2.31. The van der Waals surface area contributed by atoms with E-state index in [0.717, 1.165) is 25.1 Å². The zero-order valence-corrected chi connectivity index (χ0v) is 17.0. The van der Waals surface area contributed by atoms with Gasteiger partial charge in [0.15, 0.2) is 0 Å². The average molecular weight is 383 g/mol. The quantitative estimate of drug-likeness (QED) is 0.552. The number of amides is 1. The number of benzene rings is 2. The lowest BCUT2D eigenvalue weighted by molar-refractivity contribution is -0.131. The number of nitrogens with zero attached hydrogens (tertiary/aromatic N) is 1. The topological polar surface area (TPSA) is 36.1 Å². The molecule has 0 aliphatic heterocycles. The second kappa shape index (κ2) is 8.62. The van der Waals surface area contributed by atoms with Gasteiger partial charge in [-0.15, -0.1) is 0 Å². The Kier molecular flexibility index (Phi) is 6.22. The number of nitrogens with one attached hydrogen (secondary N) is 1. The van der Waals surface area contributed by atoms with Crippen molar-refractivity contribution in [3.63, 3.8) is 0 Å². The first-order valence-corrected chi connectivity index (χ1v) is 10.1. The smallest absolute Gasteiger partial charge is 0.223 e. The van der Waals surface area contributed by atoms with Gasteiger partial charge in [0.2, 0.25) is 5.91 Å². The largest absolute Gasteiger partial charge is 0.361 e. The number of hydrogen-bond donors (Lipinski definition) is 1. The number of halogens is 1. The number of para-hydroxylation sites is 1. The summed E-state index contributed by atoms with van der Waals surface area (Å²) in [6.45, 7) is 7.68. The summed E-state index contributed by atoms with van der Waals surface area (Å²) in [6, 6.07) is 14.3. The van der Waals surface area contributed by atoms with E-state index in [0.29, 0.717) is 11.4 Å². The predicted octanol–water partition coefficient (Wildman–Crippen LogP) is 5.77. The first kappa shape index (κ1) is 19.5. The van der Waals surface area contributed by atoms with E-state index in [1.54, 1.807) is 0 Å². The van der Waals surface area contributed by atoms with Crippen molar-refractivity contribution in [1.29, 1.82) is 0 Å². The molecule has 0 spiro atoms. The van der Waals surface area contributed by atoms with E-state index in [-0.39, 0.29) is 11.8 Å². The van der Waals surface area contributed by atoms with Crippen molar-refractivity contribution in [2.24, 2.45) is 0 Å². The van der Waals surface area contributed by atoms with Gasteiger partial charge in [-0.3, -0.25) is 4.79 Å². The van der Waals surface area contributed by atoms with Gasteiger partial charge in [-0.25, -0.2) is 0 Å². The summed E-state index contributed by atoms with van der Waals surface area (Å²) >= 11 is 6.10. The maximum Gasteiger partial charge on any atom is 0.223 e. The molecule has 3 nitrogen and oxygen atoms in total. The van der Waals surface area contributed by atoms with E-state index in [2.05, 4.69) is 36.3 Å². The number of aromatic nitrogens is 1. The molecule has 4 heteroatoms. The Bertz CT molecular complexity index is 910. The fourth-order valence-corrected chi connectivity index (χ4v) is 3.93. The van der Waals surface area contributed by atoms with Crippen LogP contribution in [0.15, 0.2) is 48.7 Å². The van der Waals surface area contributed by atoms with Gasteiger partial charge in [0.05, 0.1) is 0 Å². The normalized spacial score (nSPS) is 12.3. The van der Waals surface area contributed by atoms with E-state index in [1.165, 1.54) is 22.0 Å². The molecule has 0 fully saturated rings. The minimum atomic E-state index is -0.00350. The fraction of sp³-hybridized carbons (Fsp3) is 0.348. The van der Waals surface area contributed by atoms with Gasteiger partial charge in [-0.05, 0) is 49.1 Å². The first-order valence-electron chi connectivity index (χ1n) is 9.71. The van der Waals surface area contributed by atoms with Crippen LogP contribution in [0.4, 0.5) is 0 Å². The SMILES string of the molecule is CCc1cccc2c([C@@H](CC(=O)N(CC)CC)c3ccc(Cl)cc3)c[nH]c12. The van der Waals surface area contributed by atoms with Crippen molar-refractivity contribution >= 4 is 28.4 Å². The third-order valence-electron chi connectivity index (χ3n) is 5.36. The predicted molar refractivity (Wildman–Crippen MR) is 114 cm³/mol. The summed E-state index contributed by atoms with van der Waals surface area (Å²) in [5, 5.41) is 1.90. The van der Waals surface area contributed by atoms with Crippen LogP contribution in [-0.4, -0.2) is 28.9 Å². The number of aromatic amines is 1. The molecule has 0 saturated carbocycles. The summed E-state index contributed by atoms with van der Waals surface area (Å²) in [5.41, 5.74) is 4.75. The van der Waals surface area contributed by atoms with E-state index >= 15 is 0 Å². The maximum atomic E-state index is 12.9. The van der Waals surface area contributed by atoms with Crippen molar-refractivity contribution in [2.75, 3.05) is 13.1 Å². The lowest BCUT2D eigenvalue weighted by atomic mass is 9.87. The molecule has 3 rings (SSSR count). The van der Waals surface area contributed by atoms with Crippen LogP contribution >= 0.6 is 11.6 Å². The summed E-state index contributed by atoms with van der Waals surface area (Å²) in [7, 11) is 0. The highest BCUT2D eigenvalue weighted by Gasteiger charge is 2.23. The van der Waals surface area contributed by atoms with Crippen molar-refractivity contribution in [3.05, 3.63) is 70.4 Å². The van der Waals surface area contributed by atoms with E-state index in [9.17, 15) is 4.79 Å².